The van der Waals surface area contributed by atoms with E-state index in [-0.39, 0.29) is 30.7 Å². The fourth-order valence-electron chi connectivity index (χ4n) is 1.95. The Morgan fingerprint density at radius 1 is 1.26 bits per heavy atom. The van der Waals surface area contributed by atoms with Crippen molar-refractivity contribution in [2.45, 2.75) is 32.4 Å². The van der Waals surface area contributed by atoms with Crippen molar-refractivity contribution < 1.29 is 19.0 Å². The van der Waals surface area contributed by atoms with E-state index >= 15 is 0 Å². The predicted molar refractivity (Wildman–Crippen MR) is 69.6 cm³/mol. The highest BCUT2D eigenvalue weighted by atomic mass is 19.1. The summed E-state index contributed by atoms with van der Waals surface area (Å²) >= 11 is 0. The maximum absolute atomic E-state index is 13.5. The lowest BCUT2D eigenvalue weighted by molar-refractivity contribution is 0.155. The molecule has 0 aliphatic carbocycles. The van der Waals surface area contributed by atoms with Gasteiger partial charge in [-0.25, -0.2) is 8.78 Å². The van der Waals surface area contributed by atoms with Crippen LogP contribution in [0.2, 0.25) is 0 Å². The molecular weight excluding hydrogens is 252 g/mol. The van der Waals surface area contributed by atoms with Crippen molar-refractivity contribution in [1.82, 2.24) is 5.32 Å². The van der Waals surface area contributed by atoms with E-state index in [1.165, 1.54) is 6.07 Å². The number of nitrogens with one attached hydrogen (secondary N) is 1. The molecule has 0 radical (unpaired) electrons. The SMILES string of the molecule is CC(C)C(CCO)NCC(O)c1ccc(F)cc1F. The summed E-state index contributed by atoms with van der Waals surface area (Å²) in [5, 5.41) is 21.9. The van der Waals surface area contributed by atoms with Gasteiger partial charge in [-0.1, -0.05) is 19.9 Å². The molecule has 1 rings (SSSR count). The van der Waals surface area contributed by atoms with Crippen molar-refractivity contribution in [2.24, 2.45) is 5.92 Å². The molecule has 19 heavy (non-hydrogen) atoms. The molecule has 108 valence electrons. The normalized spacial score (nSPS) is 14.7. The average Bonchev–Trinajstić information content (AvgIpc) is 2.33. The van der Waals surface area contributed by atoms with Gasteiger partial charge in [-0.15, -0.1) is 0 Å². The second kappa shape index (κ2) is 7.53. The van der Waals surface area contributed by atoms with Gasteiger partial charge < -0.3 is 15.5 Å². The Morgan fingerprint density at radius 2 is 1.95 bits per heavy atom. The first-order valence-corrected chi connectivity index (χ1v) is 6.43. The Morgan fingerprint density at radius 3 is 2.47 bits per heavy atom. The number of hydrogen-bond donors (Lipinski definition) is 3. The van der Waals surface area contributed by atoms with Crippen LogP contribution >= 0.6 is 0 Å². The second-order valence-corrected chi connectivity index (χ2v) is 4.95. The molecular formula is C14H21F2NO2. The summed E-state index contributed by atoms with van der Waals surface area (Å²) in [6.07, 6.45) is -0.475. The highest BCUT2D eigenvalue weighted by molar-refractivity contribution is 5.21. The lowest BCUT2D eigenvalue weighted by atomic mass is 10.0. The summed E-state index contributed by atoms with van der Waals surface area (Å²) in [7, 11) is 0. The van der Waals surface area contributed by atoms with Crippen molar-refractivity contribution in [3.8, 4) is 0 Å². The van der Waals surface area contributed by atoms with Crippen LogP contribution in [0.4, 0.5) is 8.78 Å². The molecule has 1 aromatic rings. The van der Waals surface area contributed by atoms with Crippen molar-refractivity contribution >= 4 is 0 Å². The number of hydrogen-bond acceptors (Lipinski definition) is 3. The van der Waals surface area contributed by atoms with E-state index in [4.69, 9.17) is 5.11 Å². The van der Waals surface area contributed by atoms with E-state index < -0.39 is 17.7 Å². The molecule has 0 aromatic heterocycles. The van der Waals surface area contributed by atoms with Crippen LogP contribution in [-0.2, 0) is 0 Å². The van der Waals surface area contributed by atoms with Crippen molar-refractivity contribution in [2.75, 3.05) is 13.2 Å². The number of aliphatic hydroxyl groups is 2. The van der Waals surface area contributed by atoms with E-state index in [1.807, 2.05) is 13.8 Å². The van der Waals surface area contributed by atoms with Gasteiger partial charge in [0.15, 0.2) is 0 Å². The molecule has 0 saturated carbocycles. The number of halogens is 2. The molecule has 0 saturated heterocycles. The molecule has 2 atom stereocenters. The van der Waals surface area contributed by atoms with Crippen LogP contribution in [0.3, 0.4) is 0 Å². The maximum Gasteiger partial charge on any atom is 0.131 e. The first-order chi connectivity index (χ1) is 8.95. The van der Waals surface area contributed by atoms with E-state index in [9.17, 15) is 13.9 Å². The second-order valence-electron chi connectivity index (χ2n) is 4.95. The van der Waals surface area contributed by atoms with Crippen molar-refractivity contribution in [1.29, 1.82) is 0 Å². The highest BCUT2D eigenvalue weighted by Crippen LogP contribution is 2.18. The summed E-state index contributed by atoms with van der Waals surface area (Å²) in [5.74, 6) is -1.13. The molecule has 1 aromatic carbocycles. The molecule has 5 heteroatoms. The molecule has 0 aliphatic heterocycles. The molecule has 0 aliphatic rings. The third-order valence-corrected chi connectivity index (χ3v) is 3.14. The Hall–Kier alpha value is -1.04. The number of aliphatic hydroxyl groups excluding tert-OH is 2. The number of benzene rings is 1. The zero-order valence-corrected chi connectivity index (χ0v) is 11.2. The van der Waals surface area contributed by atoms with Gasteiger partial charge in [0.25, 0.3) is 0 Å². The largest absolute Gasteiger partial charge is 0.396 e. The molecule has 0 spiro atoms. The molecule has 0 heterocycles. The van der Waals surface area contributed by atoms with Crippen molar-refractivity contribution in [3.63, 3.8) is 0 Å². The van der Waals surface area contributed by atoms with Crippen LogP contribution in [0.25, 0.3) is 0 Å². The zero-order chi connectivity index (χ0) is 14.4. The van der Waals surface area contributed by atoms with Crippen LogP contribution in [0.15, 0.2) is 18.2 Å². The average molecular weight is 273 g/mol. The van der Waals surface area contributed by atoms with Gasteiger partial charge in [0.2, 0.25) is 0 Å². The molecule has 0 fully saturated rings. The van der Waals surface area contributed by atoms with Gasteiger partial charge in [-0.2, -0.15) is 0 Å². The summed E-state index contributed by atoms with van der Waals surface area (Å²) in [6.45, 7) is 4.21. The number of rotatable bonds is 7. The van der Waals surface area contributed by atoms with Crippen LogP contribution in [0, 0.1) is 17.6 Å². The van der Waals surface area contributed by atoms with E-state index in [0.29, 0.717) is 6.42 Å². The van der Waals surface area contributed by atoms with Crippen molar-refractivity contribution in [3.05, 3.63) is 35.4 Å². The summed E-state index contributed by atoms with van der Waals surface area (Å²) < 4.78 is 26.2. The molecule has 2 unspecified atom stereocenters. The van der Waals surface area contributed by atoms with Crippen LogP contribution in [-0.4, -0.2) is 29.4 Å². The van der Waals surface area contributed by atoms with Gasteiger partial charge in [0, 0.05) is 30.8 Å². The summed E-state index contributed by atoms with van der Waals surface area (Å²) in [6, 6.07) is 3.16. The fourth-order valence-corrected chi connectivity index (χ4v) is 1.95. The van der Waals surface area contributed by atoms with E-state index in [0.717, 1.165) is 12.1 Å². The van der Waals surface area contributed by atoms with Crippen LogP contribution in [0.1, 0.15) is 31.9 Å². The first kappa shape index (κ1) is 16.0. The van der Waals surface area contributed by atoms with Gasteiger partial charge in [0.1, 0.15) is 11.6 Å². The van der Waals surface area contributed by atoms with E-state index in [2.05, 4.69) is 5.32 Å². The Kier molecular flexibility index (Phi) is 6.34. The fraction of sp³-hybridized carbons (Fsp3) is 0.571. The van der Waals surface area contributed by atoms with Crippen LogP contribution < -0.4 is 5.32 Å². The maximum atomic E-state index is 13.5. The minimum atomic E-state index is -1.04. The minimum absolute atomic E-state index is 0.0446. The molecule has 3 N–H and O–H groups in total. The Balaban J connectivity index is 2.61. The van der Waals surface area contributed by atoms with Gasteiger partial charge in [0.05, 0.1) is 6.10 Å². The van der Waals surface area contributed by atoms with Gasteiger partial charge in [-0.05, 0) is 18.4 Å². The monoisotopic (exact) mass is 273 g/mol. The molecule has 3 nitrogen and oxygen atoms in total. The summed E-state index contributed by atoms with van der Waals surface area (Å²) in [4.78, 5) is 0. The highest BCUT2D eigenvalue weighted by Gasteiger charge is 2.17. The zero-order valence-electron chi connectivity index (χ0n) is 11.2. The first-order valence-electron chi connectivity index (χ1n) is 6.43. The lowest BCUT2D eigenvalue weighted by Crippen LogP contribution is -2.37. The predicted octanol–water partition coefficient (Wildman–Crippen LogP) is 1.99. The Labute approximate surface area is 112 Å². The quantitative estimate of drug-likeness (QED) is 0.712. The van der Waals surface area contributed by atoms with Gasteiger partial charge in [-0.3, -0.25) is 0 Å². The lowest BCUT2D eigenvalue weighted by Gasteiger charge is -2.23. The third kappa shape index (κ3) is 4.86. The standard InChI is InChI=1S/C14H21F2NO2/c1-9(2)13(5-6-18)17-8-14(19)11-4-3-10(15)7-12(11)16/h3-4,7,9,13-14,17-19H,5-6,8H2,1-2H3. The smallest absolute Gasteiger partial charge is 0.131 e. The molecule has 0 amide bonds. The van der Waals surface area contributed by atoms with E-state index in [1.54, 1.807) is 0 Å². The van der Waals surface area contributed by atoms with Crippen LogP contribution in [0.5, 0.6) is 0 Å². The molecule has 0 bridgehead atoms. The van der Waals surface area contributed by atoms with Gasteiger partial charge >= 0.3 is 0 Å². The summed E-state index contributed by atoms with van der Waals surface area (Å²) in [5.41, 5.74) is 0.0698. The topological polar surface area (TPSA) is 52.5 Å². The Bertz CT molecular complexity index is 399. The minimum Gasteiger partial charge on any atom is -0.396 e. The third-order valence-electron chi connectivity index (χ3n) is 3.14.